The third-order valence-corrected chi connectivity index (χ3v) is 2.86. The van der Waals surface area contributed by atoms with Gasteiger partial charge in [-0.1, -0.05) is 0 Å². The Labute approximate surface area is 101 Å². The van der Waals surface area contributed by atoms with Gasteiger partial charge < -0.3 is 14.4 Å². The van der Waals surface area contributed by atoms with Gasteiger partial charge in [-0.05, 0) is 18.6 Å². The molecule has 1 aliphatic rings. The molecule has 0 spiro atoms. The summed E-state index contributed by atoms with van der Waals surface area (Å²) in [5.41, 5.74) is 1.13. The molecule has 1 aromatic rings. The van der Waals surface area contributed by atoms with E-state index in [1.165, 1.54) is 0 Å². The van der Waals surface area contributed by atoms with Crippen molar-refractivity contribution in [3.05, 3.63) is 18.2 Å². The average Bonchev–Trinajstić information content (AvgIpc) is 2.35. The number of halogens is 1. The van der Waals surface area contributed by atoms with Crippen molar-refractivity contribution in [1.29, 1.82) is 0 Å². The average molecular weight is 242 g/mol. The van der Waals surface area contributed by atoms with Gasteiger partial charge in [-0.3, -0.25) is 0 Å². The van der Waals surface area contributed by atoms with Crippen molar-refractivity contribution < 1.29 is 9.47 Å². The topological polar surface area (TPSA) is 21.7 Å². The number of benzene rings is 1. The lowest BCUT2D eigenvalue weighted by Gasteiger charge is -2.23. The highest BCUT2D eigenvalue weighted by atomic mass is 35.5. The van der Waals surface area contributed by atoms with Gasteiger partial charge in [0.25, 0.3) is 0 Å². The molecule has 88 valence electrons. The summed E-state index contributed by atoms with van der Waals surface area (Å²) in [5.74, 6) is 2.36. The van der Waals surface area contributed by atoms with Crippen molar-refractivity contribution in [2.24, 2.45) is 0 Å². The predicted molar refractivity (Wildman–Crippen MR) is 66.0 cm³/mol. The molecule has 0 unspecified atom stereocenters. The maximum Gasteiger partial charge on any atom is 0.163 e. The molecular formula is C12H16ClNO2. The third-order valence-electron chi connectivity index (χ3n) is 2.59. The second-order valence-corrected chi connectivity index (χ2v) is 4.17. The van der Waals surface area contributed by atoms with Gasteiger partial charge in [0, 0.05) is 31.2 Å². The molecule has 0 saturated carbocycles. The molecule has 16 heavy (non-hydrogen) atoms. The highest BCUT2D eigenvalue weighted by Crippen LogP contribution is 2.33. The third kappa shape index (κ3) is 2.53. The summed E-state index contributed by atoms with van der Waals surface area (Å²) < 4.78 is 11.0. The molecule has 3 nitrogen and oxygen atoms in total. The van der Waals surface area contributed by atoms with Crippen LogP contribution in [0.5, 0.6) is 11.5 Å². The van der Waals surface area contributed by atoms with E-state index in [1.54, 1.807) is 0 Å². The molecule has 1 aliphatic heterocycles. The van der Waals surface area contributed by atoms with Gasteiger partial charge >= 0.3 is 0 Å². The van der Waals surface area contributed by atoms with E-state index in [1.807, 2.05) is 18.2 Å². The first-order chi connectivity index (χ1) is 7.81. The molecule has 0 fully saturated rings. The molecular weight excluding hydrogens is 226 g/mol. The van der Waals surface area contributed by atoms with Crippen LogP contribution in [0.15, 0.2) is 18.2 Å². The van der Waals surface area contributed by atoms with Crippen LogP contribution in [0.2, 0.25) is 0 Å². The van der Waals surface area contributed by atoms with Gasteiger partial charge in [-0.2, -0.15) is 0 Å². The maximum atomic E-state index is 5.68. The Balaban J connectivity index is 2.10. The Morgan fingerprint density at radius 3 is 2.75 bits per heavy atom. The van der Waals surface area contributed by atoms with Crippen LogP contribution in [-0.4, -0.2) is 32.7 Å². The second-order valence-electron chi connectivity index (χ2n) is 3.79. The Bertz CT molecular complexity index is 357. The number of fused-ring (bicyclic) bond motifs is 1. The lowest BCUT2D eigenvalue weighted by Crippen LogP contribution is -2.20. The van der Waals surface area contributed by atoms with E-state index >= 15 is 0 Å². The van der Waals surface area contributed by atoms with Crippen LogP contribution in [0.3, 0.4) is 0 Å². The van der Waals surface area contributed by atoms with Crippen LogP contribution in [0, 0.1) is 0 Å². The summed E-state index contributed by atoms with van der Waals surface area (Å²) in [5, 5.41) is 0. The van der Waals surface area contributed by atoms with E-state index in [-0.39, 0.29) is 0 Å². The molecule has 2 rings (SSSR count). The van der Waals surface area contributed by atoms with E-state index in [9.17, 15) is 0 Å². The number of rotatable bonds is 4. The molecule has 0 atom stereocenters. The fraction of sp³-hybridized carbons (Fsp3) is 0.500. The van der Waals surface area contributed by atoms with Crippen molar-refractivity contribution in [2.45, 2.75) is 6.42 Å². The van der Waals surface area contributed by atoms with Gasteiger partial charge in [0.1, 0.15) is 13.2 Å². The first kappa shape index (κ1) is 11.4. The summed E-state index contributed by atoms with van der Waals surface area (Å²) in [7, 11) is 2.05. The van der Waals surface area contributed by atoms with Crippen molar-refractivity contribution in [3.8, 4) is 11.5 Å². The number of ether oxygens (including phenoxy) is 2. The van der Waals surface area contributed by atoms with Crippen LogP contribution in [0.4, 0.5) is 5.69 Å². The van der Waals surface area contributed by atoms with Crippen molar-refractivity contribution in [3.63, 3.8) is 0 Å². The van der Waals surface area contributed by atoms with Crippen LogP contribution < -0.4 is 14.4 Å². The van der Waals surface area contributed by atoms with E-state index in [0.717, 1.165) is 30.2 Å². The maximum absolute atomic E-state index is 5.68. The fourth-order valence-electron chi connectivity index (χ4n) is 1.70. The summed E-state index contributed by atoms with van der Waals surface area (Å²) in [6.45, 7) is 2.21. The molecule has 0 N–H and O–H groups in total. The fourth-order valence-corrected chi connectivity index (χ4v) is 1.82. The molecule has 1 heterocycles. The van der Waals surface area contributed by atoms with Crippen LogP contribution >= 0.6 is 11.6 Å². The first-order valence-electron chi connectivity index (χ1n) is 5.48. The van der Waals surface area contributed by atoms with Crippen LogP contribution in [0.1, 0.15) is 6.42 Å². The minimum atomic E-state index is 0.627. The van der Waals surface area contributed by atoms with Gasteiger partial charge in [0.05, 0.1) is 0 Å². The Morgan fingerprint density at radius 2 is 2.00 bits per heavy atom. The number of hydrogen-bond acceptors (Lipinski definition) is 3. The van der Waals surface area contributed by atoms with E-state index < -0.39 is 0 Å². The Hall–Kier alpha value is -1.09. The number of anilines is 1. The van der Waals surface area contributed by atoms with Crippen molar-refractivity contribution in [2.75, 3.05) is 37.6 Å². The first-order valence-corrected chi connectivity index (χ1v) is 6.01. The molecule has 0 amide bonds. The van der Waals surface area contributed by atoms with E-state index in [4.69, 9.17) is 21.1 Å². The zero-order valence-corrected chi connectivity index (χ0v) is 10.2. The van der Waals surface area contributed by atoms with Gasteiger partial charge in [0.15, 0.2) is 11.5 Å². The Kier molecular flexibility index (Phi) is 3.78. The smallest absolute Gasteiger partial charge is 0.163 e. The van der Waals surface area contributed by atoms with Crippen LogP contribution in [-0.2, 0) is 0 Å². The summed E-state index contributed by atoms with van der Waals surface area (Å²) in [6.07, 6.45) is 0.979. The van der Waals surface area contributed by atoms with Gasteiger partial charge in [-0.15, -0.1) is 11.6 Å². The zero-order chi connectivity index (χ0) is 11.4. The van der Waals surface area contributed by atoms with Crippen LogP contribution in [0.25, 0.3) is 0 Å². The number of alkyl halides is 1. The lowest BCUT2D eigenvalue weighted by atomic mass is 10.2. The quantitative estimate of drug-likeness (QED) is 0.757. The van der Waals surface area contributed by atoms with Gasteiger partial charge in [0.2, 0.25) is 0 Å². The largest absolute Gasteiger partial charge is 0.486 e. The summed E-state index contributed by atoms with van der Waals surface area (Å²) in [6, 6.07) is 6.02. The van der Waals surface area contributed by atoms with E-state index in [0.29, 0.717) is 19.1 Å². The highest BCUT2D eigenvalue weighted by molar-refractivity contribution is 6.17. The molecule has 4 heteroatoms. The minimum Gasteiger partial charge on any atom is -0.486 e. The van der Waals surface area contributed by atoms with Crippen molar-refractivity contribution in [1.82, 2.24) is 0 Å². The van der Waals surface area contributed by atoms with Gasteiger partial charge in [-0.25, -0.2) is 0 Å². The lowest BCUT2D eigenvalue weighted by molar-refractivity contribution is 0.171. The highest BCUT2D eigenvalue weighted by Gasteiger charge is 2.12. The van der Waals surface area contributed by atoms with E-state index in [2.05, 4.69) is 11.9 Å². The predicted octanol–water partition coefficient (Wildman–Crippen LogP) is 2.52. The summed E-state index contributed by atoms with van der Waals surface area (Å²) in [4.78, 5) is 2.17. The minimum absolute atomic E-state index is 0.627. The SMILES string of the molecule is CN(CCCCl)c1ccc2c(c1)OCCO2. The molecule has 0 radical (unpaired) electrons. The Morgan fingerprint density at radius 1 is 1.25 bits per heavy atom. The molecule has 0 bridgehead atoms. The number of nitrogens with zero attached hydrogens (tertiary/aromatic N) is 1. The molecule has 0 aromatic heterocycles. The normalized spacial score (nSPS) is 13.6. The molecule has 1 aromatic carbocycles. The monoisotopic (exact) mass is 241 g/mol. The molecule has 0 aliphatic carbocycles. The standard InChI is InChI=1S/C12H16ClNO2/c1-14(6-2-5-13)10-3-4-11-12(9-10)16-8-7-15-11/h3-4,9H,2,5-8H2,1H3. The number of hydrogen-bond donors (Lipinski definition) is 0. The molecule has 0 saturated heterocycles. The van der Waals surface area contributed by atoms with Crippen molar-refractivity contribution >= 4 is 17.3 Å². The second kappa shape index (κ2) is 5.30. The summed E-state index contributed by atoms with van der Waals surface area (Å²) >= 11 is 5.68. The zero-order valence-electron chi connectivity index (χ0n) is 9.41.